The summed E-state index contributed by atoms with van der Waals surface area (Å²) >= 11 is 0. The van der Waals surface area contributed by atoms with Crippen molar-refractivity contribution in [2.75, 3.05) is 5.73 Å². The molecule has 0 aliphatic heterocycles. The topological polar surface area (TPSA) is 84.7 Å². The van der Waals surface area contributed by atoms with Gasteiger partial charge in [0.1, 0.15) is 12.4 Å². The zero-order valence-corrected chi connectivity index (χ0v) is 19.3. The van der Waals surface area contributed by atoms with Crippen LogP contribution in [0.2, 0.25) is 0 Å². The van der Waals surface area contributed by atoms with Crippen molar-refractivity contribution < 1.29 is 14.3 Å². The van der Waals surface area contributed by atoms with Gasteiger partial charge in [-0.05, 0) is 43.9 Å². The van der Waals surface area contributed by atoms with Gasteiger partial charge in [0.2, 0.25) is 0 Å². The summed E-state index contributed by atoms with van der Waals surface area (Å²) in [5.74, 6) is 0.342. The van der Waals surface area contributed by atoms with Gasteiger partial charge < -0.3 is 15.8 Å². The van der Waals surface area contributed by atoms with Crippen LogP contribution in [0.3, 0.4) is 0 Å². The van der Waals surface area contributed by atoms with Gasteiger partial charge in [-0.2, -0.15) is 0 Å². The molecule has 0 spiro atoms. The number of nitrogens with zero attached hydrogens (tertiary/aromatic N) is 1. The molecule has 6 nitrogen and oxygen atoms in total. The van der Waals surface area contributed by atoms with Crippen LogP contribution in [0.5, 0.6) is 5.75 Å². The first-order chi connectivity index (χ1) is 16.1. The molecule has 2 aliphatic carbocycles. The minimum absolute atomic E-state index is 0.0615. The fraction of sp³-hybridized carbons (Fsp3) is 0.481. The summed E-state index contributed by atoms with van der Waals surface area (Å²) in [6.45, 7) is 0.207. The lowest BCUT2D eigenvalue weighted by Crippen LogP contribution is -2.53. The molecule has 0 bridgehead atoms. The molecule has 0 radical (unpaired) electrons. The summed E-state index contributed by atoms with van der Waals surface area (Å²) in [5.41, 5.74) is 7.81. The number of rotatable bonds is 6. The second-order valence-electron chi connectivity index (χ2n) is 9.24. The zero-order chi connectivity index (χ0) is 23.0. The lowest BCUT2D eigenvalue weighted by atomic mass is 9.93. The van der Waals surface area contributed by atoms with Crippen LogP contribution in [0, 0.1) is 0 Å². The van der Waals surface area contributed by atoms with Crippen molar-refractivity contribution in [2.24, 2.45) is 0 Å². The van der Waals surface area contributed by atoms with Crippen molar-refractivity contribution in [1.82, 2.24) is 10.2 Å². The number of nitrogen functional groups attached to an aromatic ring is 1. The molecule has 2 saturated carbocycles. The Balaban J connectivity index is 1.55. The molecule has 0 atom stereocenters. The highest BCUT2D eigenvalue weighted by atomic mass is 16.5. The maximum atomic E-state index is 13.8. The Morgan fingerprint density at radius 2 is 1.52 bits per heavy atom. The van der Waals surface area contributed by atoms with Crippen LogP contribution >= 0.6 is 0 Å². The summed E-state index contributed by atoms with van der Waals surface area (Å²) in [6.07, 6.45) is 10.4. The summed E-state index contributed by atoms with van der Waals surface area (Å²) in [6, 6.07) is 14.6. The van der Waals surface area contributed by atoms with Crippen molar-refractivity contribution in [2.45, 2.75) is 82.9 Å². The number of imide groups is 1. The van der Waals surface area contributed by atoms with Gasteiger partial charge in [-0.3, -0.25) is 9.69 Å². The van der Waals surface area contributed by atoms with Crippen molar-refractivity contribution in [1.29, 1.82) is 0 Å². The standard InChI is InChI=1S/C27H35N3O3/c28-24-17-9-10-18-25(24)33-19-20-11-7-8-16-23(20)26(31)30(22-14-5-2-6-15-22)27(32)29-21-12-3-1-4-13-21/h7-11,16-18,21-22H,1-6,12-15,19,28H2,(H,29,32). The fourth-order valence-corrected chi connectivity index (χ4v) is 5.01. The number of ether oxygens (including phenoxy) is 1. The predicted octanol–water partition coefficient (Wildman–Crippen LogP) is 5.67. The number of benzene rings is 2. The minimum atomic E-state index is -0.248. The molecular formula is C27H35N3O3. The molecule has 176 valence electrons. The smallest absolute Gasteiger partial charge is 0.324 e. The van der Waals surface area contributed by atoms with Crippen LogP contribution in [-0.2, 0) is 6.61 Å². The van der Waals surface area contributed by atoms with E-state index in [0.29, 0.717) is 17.0 Å². The monoisotopic (exact) mass is 449 g/mol. The van der Waals surface area contributed by atoms with Gasteiger partial charge in [-0.25, -0.2) is 4.79 Å². The Hall–Kier alpha value is -3.02. The SMILES string of the molecule is Nc1ccccc1OCc1ccccc1C(=O)N(C(=O)NC1CCCCC1)C1CCCCC1. The summed E-state index contributed by atoms with van der Waals surface area (Å²) in [7, 11) is 0. The molecule has 3 N–H and O–H groups in total. The highest BCUT2D eigenvalue weighted by Crippen LogP contribution is 2.27. The molecule has 4 rings (SSSR count). The highest BCUT2D eigenvalue weighted by molar-refractivity contribution is 6.05. The number of carbonyl (C=O) groups excluding carboxylic acids is 2. The summed E-state index contributed by atoms with van der Waals surface area (Å²) < 4.78 is 5.92. The molecule has 2 aliphatic rings. The van der Waals surface area contributed by atoms with Gasteiger partial charge in [-0.1, -0.05) is 68.9 Å². The number of nitrogens with one attached hydrogen (secondary N) is 1. The van der Waals surface area contributed by atoms with E-state index in [0.717, 1.165) is 63.4 Å². The number of para-hydroxylation sites is 2. The highest BCUT2D eigenvalue weighted by Gasteiger charge is 2.33. The van der Waals surface area contributed by atoms with Crippen LogP contribution in [0.4, 0.5) is 10.5 Å². The molecule has 0 aromatic heterocycles. The zero-order valence-electron chi connectivity index (χ0n) is 19.3. The average molecular weight is 450 g/mol. The van der Waals surface area contributed by atoms with E-state index < -0.39 is 0 Å². The van der Waals surface area contributed by atoms with Gasteiger partial charge in [0.25, 0.3) is 5.91 Å². The van der Waals surface area contributed by atoms with Gasteiger partial charge in [0.05, 0.1) is 5.69 Å². The quantitative estimate of drug-likeness (QED) is 0.557. The number of carbonyl (C=O) groups is 2. The van der Waals surface area contributed by atoms with Crippen LogP contribution in [0.15, 0.2) is 48.5 Å². The van der Waals surface area contributed by atoms with Crippen LogP contribution in [0.25, 0.3) is 0 Å². The minimum Gasteiger partial charge on any atom is -0.487 e. The molecule has 2 aromatic rings. The van der Waals surface area contributed by atoms with E-state index in [2.05, 4.69) is 5.32 Å². The van der Waals surface area contributed by atoms with E-state index in [1.165, 1.54) is 11.3 Å². The van der Waals surface area contributed by atoms with E-state index in [-0.39, 0.29) is 30.6 Å². The number of amides is 3. The van der Waals surface area contributed by atoms with Gasteiger partial charge >= 0.3 is 6.03 Å². The summed E-state index contributed by atoms with van der Waals surface area (Å²) in [5, 5.41) is 3.17. The van der Waals surface area contributed by atoms with E-state index in [4.69, 9.17) is 10.5 Å². The molecule has 0 saturated heterocycles. The Bertz CT molecular complexity index is 949. The van der Waals surface area contributed by atoms with Crippen molar-refractivity contribution in [3.8, 4) is 5.75 Å². The second kappa shape index (κ2) is 11.2. The molecule has 0 heterocycles. The van der Waals surface area contributed by atoms with Gasteiger partial charge in [0.15, 0.2) is 0 Å². The van der Waals surface area contributed by atoms with Crippen molar-refractivity contribution in [3.63, 3.8) is 0 Å². The Labute approximate surface area is 196 Å². The molecule has 2 fully saturated rings. The number of hydrogen-bond donors (Lipinski definition) is 2. The van der Waals surface area contributed by atoms with E-state index in [1.807, 2.05) is 36.4 Å². The Morgan fingerprint density at radius 1 is 0.879 bits per heavy atom. The third-order valence-corrected chi connectivity index (χ3v) is 6.86. The lowest BCUT2D eigenvalue weighted by molar-refractivity contribution is 0.0699. The van der Waals surface area contributed by atoms with E-state index in [9.17, 15) is 9.59 Å². The number of urea groups is 1. The molecular weight excluding hydrogens is 414 g/mol. The normalized spacial score (nSPS) is 17.3. The molecule has 6 heteroatoms. The van der Waals surface area contributed by atoms with Crippen molar-refractivity contribution in [3.05, 3.63) is 59.7 Å². The van der Waals surface area contributed by atoms with Crippen LogP contribution < -0.4 is 15.8 Å². The number of nitrogens with two attached hydrogens (primary N) is 1. The lowest BCUT2D eigenvalue weighted by Gasteiger charge is -2.35. The fourth-order valence-electron chi connectivity index (χ4n) is 5.01. The summed E-state index contributed by atoms with van der Waals surface area (Å²) in [4.78, 5) is 28.7. The third kappa shape index (κ3) is 5.86. The molecule has 3 amide bonds. The van der Waals surface area contributed by atoms with Crippen molar-refractivity contribution >= 4 is 17.6 Å². The largest absolute Gasteiger partial charge is 0.487 e. The van der Waals surface area contributed by atoms with E-state index in [1.54, 1.807) is 12.1 Å². The molecule has 2 aromatic carbocycles. The predicted molar refractivity (Wildman–Crippen MR) is 130 cm³/mol. The van der Waals surface area contributed by atoms with Gasteiger partial charge in [0, 0.05) is 23.2 Å². The van der Waals surface area contributed by atoms with Gasteiger partial charge in [-0.15, -0.1) is 0 Å². The second-order valence-corrected chi connectivity index (χ2v) is 9.24. The van der Waals surface area contributed by atoms with E-state index >= 15 is 0 Å². The first kappa shape index (κ1) is 23.1. The Kier molecular flexibility index (Phi) is 7.87. The maximum Gasteiger partial charge on any atom is 0.324 e. The number of anilines is 1. The van der Waals surface area contributed by atoms with Crippen LogP contribution in [0.1, 0.15) is 80.1 Å². The molecule has 33 heavy (non-hydrogen) atoms. The van der Waals surface area contributed by atoms with Crippen LogP contribution in [-0.4, -0.2) is 28.9 Å². The third-order valence-electron chi connectivity index (χ3n) is 6.86. The first-order valence-corrected chi connectivity index (χ1v) is 12.3. The average Bonchev–Trinajstić information content (AvgIpc) is 2.85. The maximum absolute atomic E-state index is 13.8. The number of hydrogen-bond acceptors (Lipinski definition) is 4. The molecule has 0 unspecified atom stereocenters. The Morgan fingerprint density at radius 3 is 2.24 bits per heavy atom. The first-order valence-electron chi connectivity index (χ1n) is 12.3.